The van der Waals surface area contributed by atoms with E-state index in [1.807, 2.05) is 48.2 Å². The number of amides is 2. The molecule has 2 aromatic heterocycles. The van der Waals surface area contributed by atoms with E-state index in [1.54, 1.807) is 23.4 Å². The van der Waals surface area contributed by atoms with Gasteiger partial charge in [-0.25, -0.2) is 14.5 Å². The lowest BCUT2D eigenvalue weighted by atomic mass is 10.1. The van der Waals surface area contributed by atoms with E-state index in [2.05, 4.69) is 25.3 Å². The van der Waals surface area contributed by atoms with Crippen LogP contribution >= 0.6 is 0 Å². The van der Waals surface area contributed by atoms with Crippen LogP contribution in [0.4, 0.5) is 10.5 Å². The Hall–Kier alpha value is -3.42. The maximum Gasteiger partial charge on any atom is 0.317 e. The molecule has 28 heavy (non-hydrogen) atoms. The number of nitrogens with zero attached hydrogens (tertiary/aromatic N) is 6. The van der Waals surface area contributed by atoms with Gasteiger partial charge >= 0.3 is 6.03 Å². The van der Waals surface area contributed by atoms with Crippen molar-refractivity contribution < 1.29 is 4.79 Å². The minimum Gasteiger partial charge on any atom is -0.368 e. The van der Waals surface area contributed by atoms with Gasteiger partial charge in [0.1, 0.15) is 12.7 Å². The van der Waals surface area contributed by atoms with Crippen LogP contribution in [0.25, 0.3) is 5.69 Å². The number of nitrogens with one attached hydrogen (secondary N) is 1. The van der Waals surface area contributed by atoms with E-state index in [1.165, 1.54) is 6.33 Å². The molecule has 1 unspecified atom stereocenters. The molecule has 0 bridgehead atoms. The molecule has 0 aliphatic carbocycles. The highest BCUT2D eigenvalue weighted by Gasteiger charge is 2.22. The third kappa shape index (κ3) is 3.95. The zero-order chi connectivity index (χ0) is 19.3. The van der Waals surface area contributed by atoms with Gasteiger partial charge in [0.05, 0.1) is 11.7 Å². The Labute approximate surface area is 163 Å². The van der Waals surface area contributed by atoms with Gasteiger partial charge in [-0.2, -0.15) is 5.10 Å². The molecule has 1 fully saturated rings. The van der Waals surface area contributed by atoms with Gasteiger partial charge in [0, 0.05) is 44.3 Å². The van der Waals surface area contributed by atoms with Crippen LogP contribution in [0.3, 0.4) is 0 Å². The zero-order valence-corrected chi connectivity index (χ0v) is 15.8. The first-order valence-electron chi connectivity index (χ1n) is 9.36. The minimum atomic E-state index is -0.0736. The summed E-state index contributed by atoms with van der Waals surface area (Å²) in [6, 6.07) is 11.9. The SMILES string of the molecule is CC(NC(=O)N1CCN(c2ccncc2)CC1)c1ccc(-n2cncn2)cc1. The molecule has 8 heteroatoms. The maximum absolute atomic E-state index is 12.6. The molecule has 8 nitrogen and oxygen atoms in total. The number of aromatic nitrogens is 4. The monoisotopic (exact) mass is 377 g/mol. The second-order valence-corrected chi connectivity index (χ2v) is 6.78. The van der Waals surface area contributed by atoms with Gasteiger partial charge in [0.15, 0.2) is 0 Å². The van der Waals surface area contributed by atoms with Crippen molar-refractivity contribution in [1.82, 2.24) is 30.0 Å². The summed E-state index contributed by atoms with van der Waals surface area (Å²) in [7, 11) is 0. The smallest absolute Gasteiger partial charge is 0.317 e. The van der Waals surface area contributed by atoms with Crippen LogP contribution in [0.1, 0.15) is 18.5 Å². The van der Waals surface area contributed by atoms with Crippen LogP contribution in [0, 0.1) is 0 Å². The lowest BCUT2D eigenvalue weighted by Crippen LogP contribution is -2.52. The van der Waals surface area contributed by atoms with E-state index in [0.29, 0.717) is 13.1 Å². The van der Waals surface area contributed by atoms with E-state index < -0.39 is 0 Å². The van der Waals surface area contributed by atoms with Gasteiger partial charge in [-0.05, 0) is 36.8 Å². The van der Waals surface area contributed by atoms with Gasteiger partial charge in [-0.1, -0.05) is 12.1 Å². The zero-order valence-electron chi connectivity index (χ0n) is 15.8. The fourth-order valence-corrected chi connectivity index (χ4v) is 3.34. The van der Waals surface area contributed by atoms with Crippen molar-refractivity contribution >= 4 is 11.7 Å². The first-order valence-corrected chi connectivity index (χ1v) is 9.36. The van der Waals surface area contributed by atoms with E-state index in [0.717, 1.165) is 30.0 Å². The van der Waals surface area contributed by atoms with E-state index in [-0.39, 0.29) is 12.1 Å². The van der Waals surface area contributed by atoms with Crippen LogP contribution in [-0.2, 0) is 0 Å². The molecular formula is C20H23N7O. The molecule has 2 amide bonds. The van der Waals surface area contributed by atoms with E-state index >= 15 is 0 Å². The molecule has 1 aromatic carbocycles. The van der Waals surface area contributed by atoms with Crippen LogP contribution in [0.2, 0.25) is 0 Å². The molecule has 1 N–H and O–H groups in total. The lowest BCUT2D eigenvalue weighted by molar-refractivity contribution is 0.191. The normalized spacial score (nSPS) is 15.3. The predicted molar refractivity (Wildman–Crippen MR) is 106 cm³/mol. The third-order valence-corrected chi connectivity index (χ3v) is 5.01. The fourth-order valence-electron chi connectivity index (χ4n) is 3.34. The van der Waals surface area contributed by atoms with Crippen molar-refractivity contribution in [3.63, 3.8) is 0 Å². The van der Waals surface area contributed by atoms with Crippen LogP contribution in [0.5, 0.6) is 0 Å². The Bertz CT molecular complexity index is 888. The number of rotatable bonds is 4. The topological polar surface area (TPSA) is 79.2 Å². The molecule has 0 saturated carbocycles. The molecule has 3 heterocycles. The number of piperazine rings is 1. The van der Waals surface area contributed by atoms with Gasteiger partial charge in [-0.15, -0.1) is 0 Å². The number of anilines is 1. The molecule has 1 saturated heterocycles. The summed E-state index contributed by atoms with van der Waals surface area (Å²) in [4.78, 5) is 24.8. The summed E-state index contributed by atoms with van der Waals surface area (Å²) >= 11 is 0. The Kier molecular flexibility index (Phi) is 5.18. The number of hydrogen-bond acceptors (Lipinski definition) is 5. The average molecular weight is 377 g/mol. The molecule has 144 valence electrons. The van der Waals surface area contributed by atoms with Gasteiger partial charge in [0.2, 0.25) is 0 Å². The highest BCUT2D eigenvalue weighted by Crippen LogP contribution is 2.17. The van der Waals surface area contributed by atoms with E-state index in [9.17, 15) is 4.79 Å². The van der Waals surface area contributed by atoms with Crippen LogP contribution in [0.15, 0.2) is 61.4 Å². The second-order valence-electron chi connectivity index (χ2n) is 6.78. The summed E-state index contributed by atoms with van der Waals surface area (Å²) in [5.41, 5.74) is 3.13. The lowest BCUT2D eigenvalue weighted by Gasteiger charge is -2.36. The van der Waals surface area contributed by atoms with Gasteiger partial charge in [0.25, 0.3) is 0 Å². The number of carbonyl (C=O) groups is 1. The first kappa shape index (κ1) is 18.0. The predicted octanol–water partition coefficient (Wildman–Crippen LogP) is 2.26. The summed E-state index contributed by atoms with van der Waals surface area (Å²) in [5.74, 6) is 0. The van der Waals surface area contributed by atoms with Crippen molar-refractivity contribution in [2.45, 2.75) is 13.0 Å². The molecule has 0 spiro atoms. The summed E-state index contributed by atoms with van der Waals surface area (Å²) < 4.78 is 1.70. The molecule has 1 aliphatic rings. The molecule has 4 rings (SSSR count). The Morgan fingerprint density at radius 1 is 0.964 bits per heavy atom. The maximum atomic E-state index is 12.6. The second kappa shape index (κ2) is 8.08. The first-order chi connectivity index (χ1) is 13.7. The van der Waals surface area contributed by atoms with Crippen molar-refractivity contribution in [2.24, 2.45) is 0 Å². The van der Waals surface area contributed by atoms with Crippen molar-refractivity contribution in [2.75, 3.05) is 31.1 Å². The average Bonchev–Trinajstić information content (AvgIpc) is 3.29. The van der Waals surface area contributed by atoms with Crippen molar-refractivity contribution in [3.05, 3.63) is 67.0 Å². The summed E-state index contributed by atoms with van der Waals surface area (Å²) in [6.07, 6.45) is 6.76. The third-order valence-electron chi connectivity index (χ3n) is 5.01. The Balaban J connectivity index is 1.31. The van der Waals surface area contributed by atoms with Crippen molar-refractivity contribution in [1.29, 1.82) is 0 Å². The van der Waals surface area contributed by atoms with Crippen molar-refractivity contribution in [3.8, 4) is 5.69 Å². The summed E-state index contributed by atoms with van der Waals surface area (Å²) in [6.45, 7) is 5.03. The van der Waals surface area contributed by atoms with Gasteiger partial charge in [-0.3, -0.25) is 4.98 Å². The Morgan fingerprint density at radius 2 is 1.68 bits per heavy atom. The molecule has 0 radical (unpaired) electrons. The standard InChI is InChI=1S/C20H23N7O/c1-16(17-2-4-19(5-3-17)27-15-22-14-23-27)24-20(28)26-12-10-25(11-13-26)18-6-8-21-9-7-18/h2-9,14-16H,10-13H2,1H3,(H,24,28). The number of benzene rings is 1. The highest BCUT2D eigenvalue weighted by atomic mass is 16.2. The van der Waals surface area contributed by atoms with Gasteiger partial charge < -0.3 is 15.1 Å². The van der Waals surface area contributed by atoms with Crippen LogP contribution < -0.4 is 10.2 Å². The van der Waals surface area contributed by atoms with E-state index in [4.69, 9.17) is 0 Å². The number of carbonyl (C=O) groups excluding carboxylic acids is 1. The molecule has 3 aromatic rings. The molecule has 1 aliphatic heterocycles. The number of pyridine rings is 1. The molecule has 1 atom stereocenters. The quantitative estimate of drug-likeness (QED) is 0.754. The highest BCUT2D eigenvalue weighted by molar-refractivity contribution is 5.75. The largest absolute Gasteiger partial charge is 0.368 e. The molecular weight excluding hydrogens is 354 g/mol. The number of hydrogen-bond donors (Lipinski definition) is 1. The fraction of sp³-hybridized carbons (Fsp3) is 0.300. The summed E-state index contributed by atoms with van der Waals surface area (Å²) in [5, 5.41) is 7.22. The minimum absolute atomic E-state index is 0.0257. The van der Waals surface area contributed by atoms with Crippen LogP contribution in [-0.4, -0.2) is 56.9 Å². The Morgan fingerprint density at radius 3 is 2.32 bits per heavy atom. The number of urea groups is 1.